The van der Waals surface area contributed by atoms with E-state index in [4.69, 9.17) is 16.3 Å². The molecule has 2 nitrogen and oxygen atoms in total. The molecule has 0 amide bonds. The Hall–Kier alpha value is -0.830. The molecule has 1 N–H and O–H groups in total. The van der Waals surface area contributed by atoms with Gasteiger partial charge in [0.1, 0.15) is 0 Å². The smallest absolute Gasteiger partial charge is 0.0689 e. The lowest BCUT2D eigenvalue weighted by Crippen LogP contribution is -2.20. The largest absolute Gasteiger partial charge is 0.377 e. The highest BCUT2D eigenvalue weighted by molar-refractivity contribution is 6.30. The Morgan fingerprint density at radius 1 is 1.19 bits per heavy atom. The summed E-state index contributed by atoms with van der Waals surface area (Å²) in [6, 6.07) is 7.92. The molecule has 1 aliphatic rings. The summed E-state index contributed by atoms with van der Waals surface area (Å²) < 4.78 is 5.37. The monoisotopic (exact) mass is 237 g/mol. The zero-order valence-electron chi connectivity index (χ0n) is 9.21. The van der Waals surface area contributed by atoms with Crippen molar-refractivity contribution < 1.29 is 4.74 Å². The number of hydrogen-bond donors (Lipinski definition) is 1. The third-order valence-electron chi connectivity index (χ3n) is 2.58. The van der Waals surface area contributed by atoms with Crippen LogP contribution in [0.5, 0.6) is 0 Å². The van der Waals surface area contributed by atoms with Gasteiger partial charge in [0.2, 0.25) is 0 Å². The quantitative estimate of drug-likeness (QED) is 0.814. The molecule has 0 spiro atoms. The lowest BCUT2D eigenvalue weighted by Gasteiger charge is -2.14. The fraction of sp³-hybridized carbons (Fsp3) is 0.385. The Morgan fingerprint density at radius 3 is 2.69 bits per heavy atom. The molecule has 0 aromatic heterocycles. The van der Waals surface area contributed by atoms with E-state index in [1.165, 1.54) is 11.1 Å². The molecule has 0 aliphatic carbocycles. The van der Waals surface area contributed by atoms with Crippen molar-refractivity contribution in [2.45, 2.75) is 13.0 Å². The Labute approximate surface area is 101 Å². The van der Waals surface area contributed by atoms with Crippen LogP contribution in [-0.4, -0.2) is 19.8 Å². The van der Waals surface area contributed by atoms with Crippen LogP contribution in [0.4, 0.5) is 0 Å². The van der Waals surface area contributed by atoms with Gasteiger partial charge >= 0.3 is 0 Å². The van der Waals surface area contributed by atoms with Crippen LogP contribution in [0.25, 0.3) is 0 Å². The zero-order chi connectivity index (χ0) is 11.2. The number of rotatable bonds is 4. The molecule has 0 saturated heterocycles. The van der Waals surface area contributed by atoms with Crippen molar-refractivity contribution in [3.63, 3.8) is 0 Å². The third kappa shape index (κ3) is 3.63. The van der Waals surface area contributed by atoms with Gasteiger partial charge < -0.3 is 10.1 Å². The number of benzene rings is 1. The Morgan fingerprint density at radius 2 is 2.00 bits per heavy atom. The zero-order valence-corrected chi connectivity index (χ0v) is 9.96. The van der Waals surface area contributed by atoms with Crippen LogP contribution >= 0.6 is 11.6 Å². The number of halogens is 1. The second-order valence-electron chi connectivity index (χ2n) is 3.93. The van der Waals surface area contributed by atoms with Gasteiger partial charge in [-0.15, -0.1) is 0 Å². The average molecular weight is 238 g/mol. The summed E-state index contributed by atoms with van der Waals surface area (Å²) in [5, 5.41) is 4.18. The summed E-state index contributed by atoms with van der Waals surface area (Å²) in [5.74, 6) is 0. The summed E-state index contributed by atoms with van der Waals surface area (Å²) in [5.41, 5.74) is 2.60. The van der Waals surface area contributed by atoms with Crippen LogP contribution in [-0.2, 0) is 11.3 Å². The first-order valence-electron chi connectivity index (χ1n) is 5.55. The summed E-state index contributed by atoms with van der Waals surface area (Å²) in [4.78, 5) is 0. The molecule has 1 heterocycles. The Kier molecular flexibility index (Phi) is 4.40. The molecule has 0 atom stereocenters. The fourth-order valence-electron chi connectivity index (χ4n) is 1.70. The van der Waals surface area contributed by atoms with E-state index in [0.29, 0.717) is 0 Å². The van der Waals surface area contributed by atoms with Gasteiger partial charge in [0, 0.05) is 18.1 Å². The molecule has 1 aromatic carbocycles. The molecule has 86 valence electrons. The van der Waals surface area contributed by atoms with Gasteiger partial charge in [-0.25, -0.2) is 0 Å². The van der Waals surface area contributed by atoms with Crippen molar-refractivity contribution in [1.29, 1.82) is 0 Å². The summed E-state index contributed by atoms with van der Waals surface area (Å²) in [6.45, 7) is 3.41. The minimum Gasteiger partial charge on any atom is -0.377 e. The first-order chi connectivity index (χ1) is 7.84. The highest BCUT2D eigenvalue weighted by Gasteiger charge is 2.02. The van der Waals surface area contributed by atoms with E-state index in [9.17, 15) is 0 Å². The molecular weight excluding hydrogens is 222 g/mol. The normalized spacial score (nSPS) is 15.9. The van der Waals surface area contributed by atoms with Crippen molar-refractivity contribution in [3.05, 3.63) is 46.5 Å². The Balaban J connectivity index is 1.75. The second-order valence-corrected chi connectivity index (χ2v) is 4.37. The molecule has 16 heavy (non-hydrogen) atoms. The van der Waals surface area contributed by atoms with Crippen molar-refractivity contribution in [3.8, 4) is 0 Å². The number of nitrogens with one attached hydrogen (secondary N) is 1. The predicted octanol–water partition coefficient (Wildman–Crippen LogP) is 2.78. The van der Waals surface area contributed by atoms with E-state index >= 15 is 0 Å². The molecule has 1 aromatic rings. The molecule has 0 radical (unpaired) electrons. The van der Waals surface area contributed by atoms with Crippen molar-refractivity contribution in [2.24, 2.45) is 0 Å². The molecule has 0 bridgehead atoms. The van der Waals surface area contributed by atoms with Crippen LogP contribution in [0.1, 0.15) is 12.0 Å². The van der Waals surface area contributed by atoms with E-state index < -0.39 is 0 Å². The van der Waals surface area contributed by atoms with Crippen LogP contribution in [0, 0.1) is 0 Å². The summed E-state index contributed by atoms with van der Waals surface area (Å²) >= 11 is 5.82. The van der Waals surface area contributed by atoms with Crippen LogP contribution < -0.4 is 5.32 Å². The van der Waals surface area contributed by atoms with Crippen LogP contribution in [0.3, 0.4) is 0 Å². The van der Waals surface area contributed by atoms with E-state index in [1.54, 1.807) is 0 Å². The lowest BCUT2D eigenvalue weighted by atomic mass is 10.2. The van der Waals surface area contributed by atoms with Crippen LogP contribution in [0.15, 0.2) is 35.9 Å². The minimum atomic E-state index is 0.771. The fourth-order valence-corrected chi connectivity index (χ4v) is 1.83. The molecule has 2 rings (SSSR count). The summed E-state index contributed by atoms with van der Waals surface area (Å²) in [6.07, 6.45) is 3.30. The van der Waals surface area contributed by atoms with Crippen molar-refractivity contribution in [1.82, 2.24) is 5.32 Å². The second kappa shape index (κ2) is 6.04. The lowest BCUT2D eigenvalue weighted by molar-refractivity contribution is 0.149. The third-order valence-corrected chi connectivity index (χ3v) is 2.83. The molecule has 0 fully saturated rings. The standard InChI is InChI=1S/C13H16ClNO/c14-13-5-3-11(4-6-13)8-15-9-12-2-1-7-16-10-12/h2-6,15H,1,7-10H2. The van der Waals surface area contributed by atoms with Gasteiger partial charge in [-0.3, -0.25) is 0 Å². The average Bonchev–Trinajstić information content (AvgIpc) is 2.33. The van der Waals surface area contributed by atoms with Gasteiger partial charge in [-0.2, -0.15) is 0 Å². The number of hydrogen-bond acceptors (Lipinski definition) is 2. The van der Waals surface area contributed by atoms with Crippen LogP contribution in [0.2, 0.25) is 5.02 Å². The predicted molar refractivity (Wildman–Crippen MR) is 66.7 cm³/mol. The number of ether oxygens (including phenoxy) is 1. The van der Waals surface area contributed by atoms with Gasteiger partial charge in [0.05, 0.1) is 13.2 Å². The molecular formula is C13H16ClNO. The maximum absolute atomic E-state index is 5.82. The topological polar surface area (TPSA) is 21.3 Å². The maximum atomic E-state index is 5.82. The highest BCUT2D eigenvalue weighted by atomic mass is 35.5. The summed E-state index contributed by atoms with van der Waals surface area (Å²) in [7, 11) is 0. The van der Waals surface area contributed by atoms with Gasteiger partial charge in [-0.05, 0) is 29.7 Å². The van der Waals surface area contributed by atoms with E-state index in [0.717, 1.165) is 37.7 Å². The molecule has 0 saturated carbocycles. The maximum Gasteiger partial charge on any atom is 0.0689 e. The van der Waals surface area contributed by atoms with Crippen molar-refractivity contribution >= 4 is 11.6 Å². The molecule has 3 heteroatoms. The minimum absolute atomic E-state index is 0.771. The van der Waals surface area contributed by atoms with E-state index in [1.807, 2.05) is 24.3 Å². The highest BCUT2D eigenvalue weighted by Crippen LogP contribution is 2.09. The SMILES string of the molecule is Clc1ccc(CNCC2=CCCOC2)cc1. The first kappa shape index (κ1) is 11.6. The Bertz CT molecular complexity index is 359. The van der Waals surface area contributed by atoms with E-state index in [-0.39, 0.29) is 0 Å². The van der Waals surface area contributed by atoms with Gasteiger partial charge in [0.25, 0.3) is 0 Å². The molecule has 1 aliphatic heterocycles. The van der Waals surface area contributed by atoms with Gasteiger partial charge in [0.15, 0.2) is 0 Å². The first-order valence-corrected chi connectivity index (χ1v) is 5.93. The van der Waals surface area contributed by atoms with E-state index in [2.05, 4.69) is 11.4 Å². The van der Waals surface area contributed by atoms with Gasteiger partial charge in [-0.1, -0.05) is 29.8 Å². The van der Waals surface area contributed by atoms with Crippen molar-refractivity contribution in [2.75, 3.05) is 19.8 Å². The molecule has 0 unspecified atom stereocenters.